The van der Waals surface area contributed by atoms with Gasteiger partial charge in [0.25, 0.3) is 0 Å². The van der Waals surface area contributed by atoms with Gasteiger partial charge < -0.3 is 5.32 Å². The Morgan fingerprint density at radius 2 is 2.17 bits per heavy atom. The van der Waals surface area contributed by atoms with E-state index in [2.05, 4.69) is 19.2 Å². The molecule has 1 aliphatic rings. The third-order valence-electron chi connectivity index (χ3n) is 4.30. The number of hydrogen-bond donors (Lipinski definition) is 1. The highest BCUT2D eigenvalue weighted by atomic mass is 35.5. The second-order valence-electron chi connectivity index (χ2n) is 5.34. The minimum Gasteiger partial charge on any atom is -0.310 e. The molecule has 0 aromatic heterocycles. The van der Waals surface area contributed by atoms with E-state index in [-0.39, 0.29) is 10.8 Å². The summed E-state index contributed by atoms with van der Waals surface area (Å²) in [5.41, 5.74) is 1.05. The van der Waals surface area contributed by atoms with Crippen LogP contribution in [0.4, 0.5) is 4.39 Å². The quantitative estimate of drug-likeness (QED) is 0.855. The molecule has 3 atom stereocenters. The Morgan fingerprint density at radius 3 is 2.78 bits per heavy atom. The van der Waals surface area contributed by atoms with E-state index in [1.54, 1.807) is 12.1 Å². The van der Waals surface area contributed by atoms with Gasteiger partial charge in [-0.1, -0.05) is 37.9 Å². The number of nitrogens with one attached hydrogen (secondary N) is 1. The zero-order valence-electron chi connectivity index (χ0n) is 11.0. The largest absolute Gasteiger partial charge is 0.310 e. The van der Waals surface area contributed by atoms with Crippen molar-refractivity contribution in [3.05, 3.63) is 34.6 Å². The number of hydrogen-bond acceptors (Lipinski definition) is 1. The van der Waals surface area contributed by atoms with Crippen molar-refractivity contribution in [3.63, 3.8) is 0 Å². The molecule has 0 amide bonds. The molecule has 0 aliphatic heterocycles. The molecule has 1 fully saturated rings. The first-order chi connectivity index (χ1) is 8.61. The van der Waals surface area contributed by atoms with Gasteiger partial charge in [0, 0.05) is 12.6 Å². The first kappa shape index (κ1) is 13.8. The van der Waals surface area contributed by atoms with E-state index < -0.39 is 0 Å². The molecule has 2 rings (SSSR count). The molecule has 1 aromatic carbocycles. The standard InChI is InChI=1S/C15H21ClFN/c1-3-12-5-7-15(10(12)2)18-9-11-4-6-14(17)13(16)8-11/h4,6,8,10,12,15,18H,3,5,7,9H2,1-2H3. The lowest BCUT2D eigenvalue weighted by Gasteiger charge is -2.21. The maximum Gasteiger partial charge on any atom is 0.141 e. The van der Waals surface area contributed by atoms with Crippen molar-refractivity contribution in [3.8, 4) is 0 Å². The van der Waals surface area contributed by atoms with Crippen molar-refractivity contribution in [1.82, 2.24) is 5.32 Å². The summed E-state index contributed by atoms with van der Waals surface area (Å²) in [6.45, 7) is 5.37. The van der Waals surface area contributed by atoms with Gasteiger partial charge in [-0.15, -0.1) is 0 Å². The van der Waals surface area contributed by atoms with Crippen molar-refractivity contribution in [2.45, 2.75) is 45.7 Å². The average molecular weight is 270 g/mol. The fraction of sp³-hybridized carbons (Fsp3) is 0.600. The average Bonchev–Trinajstić information content (AvgIpc) is 2.72. The highest BCUT2D eigenvalue weighted by Crippen LogP contribution is 2.34. The van der Waals surface area contributed by atoms with E-state index in [1.807, 2.05) is 0 Å². The summed E-state index contributed by atoms with van der Waals surface area (Å²) in [7, 11) is 0. The molecule has 0 spiro atoms. The van der Waals surface area contributed by atoms with E-state index in [4.69, 9.17) is 11.6 Å². The van der Waals surface area contributed by atoms with Gasteiger partial charge in [-0.2, -0.15) is 0 Å². The van der Waals surface area contributed by atoms with Gasteiger partial charge in [-0.25, -0.2) is 4.39 Å². The van der Waals surface area contributed by atoms with Crippen LogP contribution in [0.1, 0.15) is 38.7 Å². The van der Waals surface area contributed by atoms with Crippen LogP contribution >= 0.6 is 11.6 Å². The van der Waals surface area contributed by atoms with Crippen LogP contribution in [-0.4, -0.2) is 6.04 Å². The van der Waals surface area contributed by atoms with Gasteiger partial charge in [0.05, 0.1) is 5.02 Å². The maximum absolute atomic E-state index is 13.0. The second-order valence-corrected chi connectivity index (χ2v) is 5.75. The van der Waals surface area contributed by atoms with E-state index in [1.165, 1.54) is 25.3 Å². The monoisotopic (exact) mass is 269 g/mol. The Labute approximate surface area is 114 Å². The first-order valence-corrected chi connectivity index (χ1v) is 7.17. The van der Waals surface area contributed by atoms with Crippen LogP contribution in [0.5, 0.6) is 0 Å². The summed E-state index contributed by atoms with van der Waals surface area (Å²) < 4.78 is 13.0. The SMILES string of the molecule is CCC1CCC(NCc2ccc(F)c(Cl)c2)C1C. The van der Waals surface area contributed by atoms with Crippen LogP contribution in [0.25, 0.3) is 0 Å². The molecule has 100 valence electrons. The van der Waals surface area contributed by atoms with Crippen LogP contribution in [0, 0.1) is 17.7 Å². The van der Waals surface area contributed by atoms with Crippen molar-refractivity contribution in [2.75, 3.05) is 0 Å². The van der Waals surface area contributed by atoms with Crippen LogP contribution in [0.2, 0.25) is 5.02 Å². The molecular weight excluding hydrogens is 249 g/mol. The minimum absolute atomic E-state index is 0.209. The summed E-state index contributed by atoms with van der Waals surface area (Å²) in [6, 6.07) is 5.52. The van der Waals surface area contributed by atoms with Gasteiger partial charge in [0.2, 0.25) is 0 Å². The molecule has 0 saturated heterocycles. The molecule has 1 N–H and O–H groups in total. The molecule has 1 nitrogen and oxygen atoms in total. The highest BCUT2D eigenvalue weighted by Gasteiger charge is 2.30. The lowest BCUT2D eigenvalue weighted by atomic mass is 9.93. The molecular formula is C15H21ClFN. The Bertz CT molecular complexity index is 407. The summed E-state index contributed by atoms with van der Waals surface area (Å²) in [5, 5.41) is 3.79. The van der Waals surface area contributed by atoms with Crippen LogP contribution in [0.3, 0.4) is 0 Å². The highest BCUT2D eigenvalue weighted by molar-refractivity contribution is 6.30. The summed E-state index contributed by atoms with van der Waals surface area (Å²) in [5.74, 6) is 1.23. The molecule has 1 aromatic rings. The number of rotatable bonds is 4. The maximum atomic E-state index is 13.0. The summed E-state index contributed by atoms with van der Waals surface area (Å²) >= 11 is 5.78. The fourth-order valence-corrected chi connectivity index (χ4v) is 3.21. The Hall–Kier alpha value is -0.600. The minimum atomic E-state index is -0.347. The molecule has 3 heteroatoms. The Balaban J connectivity index is 1.90. The number of benzene rings is 1. The molecule has 0 radical (unpaired) electrons. The lowest BCUT2D eigenvalue weighted by molar-refractivity contribution is 0.344. The van der Waals surface area contributed by atoms with Gasteiger partial charge in [0.1, 0.15) is 5.82 Å². The predicted octanol–water partition coefficient (Wildman–Crippen LogP) is 4.39. The molecule has 1 saturated carbocycles. The molecule has 3 unspecified atom stereocenters. The smallest absolute Gasteiger partial charge is 0.141 e. The summed E-state index contributed by atoms with van der Waals surface area (Å²) in [6.07, 6.45) is 3.83. The number of halogens is 2. The van der Waals surface area contributed by atoms with Crippen LogP contribution in [0.15, 0.2) is 18.2 Å². The van der Waals surface area contributed by atoms with Crippen molar-refractivity contribution in [1.29, 1.82) is 0 Å². The summed E-state index contributed by atoms with van der Waals surface area (Å²) in [4.78, 5) is 0. The molecule has 1 aliphatic carbocycles. The van der Waals surface area contributed by atoms with Gasteiger partial charge in [0.15, 0.2) is 0 Å². The van der Waals surface area contributed by atoms with E-state index >= 15 is 0 Å². The molecule has 0 bridgehead atoms. The van der Waals surface area contributed by atoms with E-state index in [0.717, 1.165) is 23.9 Å². The molecule has 18 heavy (non-hydrogen) atoms. The first-order valence-electron chi connectivity index (χ1n) is 6.79. The fourth-order valence-electron chi connectivity index (χ4n) is 3.01. The van der Waals surface area contributed by atoms with Gasteiger partial charge in [-0.3, -0.25) is 0 Å². The van der Waals surface area contributed by atoms with Crippen LogP contribution < -0.4 is 5.32 Å². The third kappa shape index (κ3) is 3.04. The van der Waals surface area contributed by atoms with Gasteiger partial charge >= 0.3 is 0 Å². The normalized spacial score (nSPS) is 27.7. The van der Waals surface area contributed by atoms with E-state index in [9.17, 15) is 4.39 Å². The second kappa shape index (κ2) is 6.03. The van der Waals surface area contributed by atoms with Crippen molar-refractivity contribution < 1.29 is 4.39 Å². The van der Waals surface area contributed by atoms with Crippen molar-refractivity contribution in [2.24, 2.45) is 11.8 Å². The Morgan fingerprint density at radius 1 is 1.39 bits per heavy atom. The van der Waals surface area contributed by atoms with E-state index in [0.29, 0.717) is 6.04 Å². The zero-order valence-corrected chi connectivity index (χ0v) is 11.8. The lowest BCUT2D eigenvalue weighted by Crippen LogP contribution is -2.32. The van der Waals surface area contributed by atoms with Crippen molar-refractivity contribution >= 4 is 11.6 Å². The predicted molar refractivity (Wildman–Crippen MR) is 74.2 cm³/mol. The van der Waals surface area contributed by atoms with Gasteiger partial charge in [-0.05, 0) is 42.4 Å². The topological polar surface area (TPSA) is 12.0 Å². The molecule has 0 heterocycles. The Kier molecular flexibility index (Phi) is 4.63. The van der Waals surface area contributed by atoms with Crippen LogP contribution in [-0.2, 0) is 6.54 Å². The zero-order chi connectivity index (χ0) is 13.1. The third-order valence-corrected chi connectivity index (χ3v) is 4.59.